The summed E-state index contributed by atoms with van der Waals surface area (Å²) in [4.78, 5) is 28.7. The number of nitrogens with one attached hydrogen (secondary N) is 1. The number of esters is 1. The summed E-state index contributed by atoms with van der Waals surface area (Å²) in [5.41, 5.74) is 4.02. The number of ether oxygens (including phenoxy) is 2. The number of cyclic esters (lactones) is 1. The van der Waals surface area contributed by atoms with Gasteiger partial charge in [0, 0.05) is 17.5 Å². The van der Waals surface area contributed by atoms with Gasteiger partial charge in [0.1, 0.15) is 6.61 Å². The molecule has 0 saturated heterocycles. The molecule has 4 rings (SSSR count). The Hall–Kier alpha value is -3.33. The van der Waals surface area contributed by atoms with Crippen LogP contribution in [0.5, 0.6) is 5.19 Å². The Morgan fingerprint density at radius 2 is 2.11 bits per heavy atom. The van der Waals surface area contributed by atoms with Crippen LogP contribution in [0.15, 0.2) is 30.5 Å². The van der Waals surface area contributed by atoms with Crippen LogP contribution in [0.4, 0.5) is 5.13 Å². The largest absolute Gasteiger partial charge is 0.472 e. The lowest BCUT2D eigenvalue weighted by molar-refractivity contribution is 0.0535. The third-order valence-electron chi connectivity index (χ3n) is 4.08. The fourth-order valence-electron chi connectivity index (χ4n) is 2.79. The van der Waals surface area contributed by atoms with Gasteiger partial charge < -0.3 is 9.47 Å². The van der Waals surface area contributed by atoms with E-state index < -0.39 is 0 Å². The number of carbonyl (C=O) groups excluding carboxylic acids is 2. The molecule has 3 aromatic rings. The molecule has 0 aliphatic carbocycles. The van der Waals surface area contributed by atoms with E-state index >= 15 is 0 Å². The summed E-state index contributed by atoms with van der Waals surface area (Å²) < 4.78 is 10.0. The second kappa shape index (κ2) is 6.76. The fraction of sp³-hybridized carbons (Fsp3) is 0.167. The predicted molar refractivity (Wildman–Crippen MR) is 97.9 cm³/mol. The van der Waals surface area contributed by atoms with E-state index in [9.17, 15) is 9.59 Å². The highest BCUT2D eigenvalue weighted by Crippen LogP contribution is 2.30. The highest BCUT2D eigenvalue weighted by atomic mass is 32.1. The predicted octanol–water partition coefficient (Wildman–Crippen LogP) is 2.84. The molecule has 0 spiro atoms. The number of carbonyl (C=O) groups is 2. The van der Waals surface area contributed by atoms with Crippen molar-refractivity contribution in [3.05, 3.63) is 52.8 Å². The van der Waals surface area contributed by atoms with Gasteiger partial charge in [0.2, 0.25) is 5.13 Å². The number of hydrogen-bond donors (Lipinski definition) is 1. The van der Waals surface area contributed by atoms with Crippen LogP contribution in [0.2, 0.25) is 0 Å². The molecule has 9 heteroatoms. The topological polar surface area (TPSA) is 103 Å². The first kappa shape index (κ1) is 17.1. The van der Waals surface area contributed by atoms with Crippen LogP contribution < -0.4 is 10.1 Å². The Bertz CT molecular complexity index is 1060. The first-order valence-electron chi connectivity index (χ1n) is 8.01. The van der Waals surface area contributed by atoms with E-state index in [0.717, 1.165) is 28.2 Å². The molecule has 1 amide bonds. The summed E-state index contributed by atoms with van der Waals surface area (Å²) in [5, 5.41) is 11.1. The Morgan fingerprint density at radius 3 is 2.89 bits per heavy atom. The molecule has 0 saturated carbocycles. The van der Waals surface area contributed by atoms with Gasteiger partial charge in [-0.05, 0) is 47.6 Å². The highest BCUT2D eigenvalue weighted by molar-refractivity contribution is 7.17. The van der Waals surface area contributed by atoms with Crippen LogP contribution in [0.1, 0.15) is 32.0 Å². The zero-order valence-electron chi connectivity index (χ0n) is 14.5. The summed E-state index contributed by atoms with van der Waals surface area (Å²) >= 11 is 1.13. The fourth-order valence-corrected chi connectivity index (χ4v) is 3.34. The second-order valence-corrected chi connectivity index (χ2v) is 6.79. The average molecular weight is 382 g/mol. The third-order valence-corrected chi connectivity index (χ3v) is 4.88. The van der Waals surface area contributed by atoms with Crippen molar-refractivity contribution < 1.29 is 19.1 Å². The molecule has 1 aliphatic heterocycles. The molecule has 0 bridgehead atoms. The summed E-state index contributed by atoms with van der Waals surface area (Å²) in [6.07, 6.45) is 1.52. The lowest BCUT2D eigenvalue weighted by Crippen LogP contribution is -2.14. The minimum atomic E-state index is -0.357. The van der Waals surface area contributed by atoms with Gasteiger partial charge in [-0.3, -0.25) is 15.1 Å². The van der Waals surface area contributed by atoms with Gasteiger partial charge in [-0.25, -0.2) is 4.79 Å². The van der Waals surface area contributed by atoms with Gasteiger partial charge in [0.25, 0.3) is 11.1 Å². The number of methoxy groups -OCH3 is 1. The molecule has 1 aliphatic rings. The Morgan fingerprint density at radius 1 is 1.26 bits per heavy atom. The Balaban J connectivity index is 1.70. The van der Waals surface area contributed by atoms with Gasteiger partial charge in [-0.1, -0.05) is 11.2 Å². The van der Waals surface area contributed by atoms with Crippen molar-refractivity contribution in [2.45, 2.75) is 13.5 Å². The molecule has 27 heavy (non-hydrogen) atoms. The number of hydrogen-bond acceptors (Lipinski definition) is 8. The molecule has 0 radical (unpaired) electrons. The van der Waals surface area contributed by atoms with Gasteiger partial charge in [0.15, 0.2) is 0 Å². The first-order chi connectivity index (χ1) is 13.0. The van der Waals surface area contributed by atoms with E-state index in [1.165, 1.54) is 13.3 Å². The zero-order valence-corrected chi connectivity index (χ0v) is 15.3. The standard InChI is InChI=1S/C18H14N4O4S/c1-9-5-13(10-3-4-12-11(6-10)8-26-16(12)24)14(7-19-9)15(23)20-17-21-22-18(25-2)27-17/h3-7H,8H2,1-2H3,(H,20,21,23). The van der Waals surface area contributed by atoms with Crippen molar-refractivity contribution in [3.8, 4) is 16.3 Å². The van der Waals surface area contributed by atoms with Crippen LogP contribution in [-0.4, -0.2) is 34.2 Å². The third kappa shape index (κ3) is 3.24. The van der Waals surface area contributed by atoms with Gasteiger partial charge >= 0.3 is 5.97 Å². The Labute approximate surface area is 158 Å². The summed E-state index contributed by atoms with van der Waals surface area (Å²) in [7, 11) is 1.48. The van der Waals surface area contributed by atoms with E-state index in [1.807, 2.05) is 19.1 Å². The molecule has 3 heterocycles. The molecule has 0 fully saturated rings. The smallest absolute Gasteiger partial charge is 0.338 e. The number of nitrogens with zero attached hydrogens (tertiary/aromatic N) is 3. The van der Waals surface area contributed by atoms with Crippen LogP contribution in [0.3, 0.4) is 0 Å². The van der Waals surface area contributed by atoms with Crippen LogP contribution in [0.25, 0.3) is 11.1 Å². The van der Waals surface area contributed by atoms with E-state index in [0.29, 0.717) is 27.0 Å². The number of anilines is 1. The minimum absolute atomic E-state index is 0.234. The second-order valence-electron chi connectivity index (χ2n) is 5.85. The van der Waals surface area contributed by atoms with Crippen molar-refractivity contribution in [2.24, 2.45) is 0 Å². The van der Waals surface area contributed by atoms with E-state index in [4.69, 9.17) is 9.47 Å². The monoisotopic (exact) mass is 382 g/mol. The minimum Gasteiger partial charge on any atom is -0.472 e. The number of benzene rings is 1. The van der Waals surface area contributed by atoms with Crippen molar-refractivity contribution in [1.29, 1.82) is 0 Å². The van der Waals surface area contributed by atoms with Gasteiger partial charge in [-0.2, -0.15) is 0 Å². The SMILES string of the molecule is COc1nnc(NC(=O)c2cnc(C)cc2-c2ccc3c(c2)COC3=O)s1. The van der Waals surface area contributed by atoms with Gasteiger partial charge in [0.05, 0.1) is 18.2 Å². The number of rotatable bonds is 4. The lowest BCUT2D eigenvalue weighted by Gasteiger charge is -2.10. The number of fused-ring (bicyclic) bond motifs is 1. The van der Waals surface area contributed by atoms with Crippen LogP contribution in [0, 0.1) is 6.92 Å². The molecule has 0 atom stereocenters. The molecule has 1 N–H and O–H groups in total. The summed E-state index contributed by atoms with van der Waals surface area (Å²) in [5.74, 6) is -0.685. The zero-order chi connectivity index (χ0) is 19.0. The number of aromatic nitrogens is 3. The van der Waals surface area contributed by atoms with E-state index in [2.05, 4.69) is 20.5 Å². The molecular weight excluding hydrogens is 368 g/mol. The maximum Gasteiger partial charge on any atom is 0.338 e. The lowest BCUT2D eigenvalue weighted by atomic mass is 9.97. The number of amides is 1. The van der Waals surface area contributed by atoms with Crippen LogP contribution >= 0.6 is 11.3 Å². The van der Waals surface area contributed by atoms with Crippen LogP contribution in [-0.2, 0) is 11.3 Å². The van der Waals surface area contributed by atoms with Crippen molar-refractivity contribution in [1.82, 2.24) is 15.2 Å². The molecule has 0 unspecified atom stereocenters. The Kier molecular flexibility index (Phi) is 4.28. The van der Waals surface area contributed by atoms with E-state index in [1.54, 1.807) is 12.1 Å². The summed E-state index contributed by atoms with van der Waals surface area (Å²) in [6.45, 7) is 2.08. The maximum atomic E-state index is 12.8. The highest BCUT2D eigenvalue weighted by Gasteiger charge is 2.23. The molecule has 2 aromatic heterocycles. The first-order valence-corrected chi connectivity index (χ1v) is 8.82. The summed E-state index contributed by atoms with van der Waals surface area (Å²) in [6, 6.07) is 7.20. The number of pyridine rings is 1. The van der Waals surface area contributed by atoms with Gasteiger partial charge in [-0.15, -0.1) is 5.10 Å². The molecule has 1 aromatic carbocycles. The quantitative estimate of drug-likeness (QED) is 0.692. The average Bonchev–Trinajstić information content (AvgIpc) is 3.28. The maximum absolute atomic E-state index is 12.8. The molecule has 136 valence electrons. The van der Waals surface area contributed by atoms with Crippen molar-refractivity contribution in [3.63, 3.8) is 0 Å². The molecule has 8 nitrogen and oxygen atoms in total. The molecular formula is C18H14N4O4S. The van der Waals surface area contributed by atoms with Crippen molar-refractivity contribution in [2.75, 3.05) is 12.4 Å². The van der Waals surface area contributed by atoms with Crippen molar-refractivity contribution >= 4 is 28.3 Å². The number of aryl methyl sites for hydroxylation is 1. The van der Waals surface area contributed by atoms with E-state index in [-0.39, 0.29) is 18.5 Å². The normalized spacial score (nSPS) is 12.4.